The molecule has 3 unspecified atom stereocenters. The lowest BCUT2D eigenvalue weighted by Gasteiger charge is -2.56. The fourth-order valence-electron chi connectivity index (χ4n) is 4.68. The number of carbonyl (C=O) groups excluding carboxylic acids is 1. The smallest absolute Gasteiger partial charge is 0.251 e. The van der Waals surface area contributed by atoms with Crippen LogP contribution in [0.3, 0.4) is 0 Å². The standard InChI is InChI=1S/C27H21Cl2N5O2/c1-16-7-9-19(10-8-16)33-25(35)22(28)27(33,2)34-26(36-24(32-34)17-11-13-30-14-12-17)20-15-18-5-3-4-6-21(18)31-23(20)29/h3-15,22,26H,1-2H3. The van der Waals surface area contributed by atoms with Crippen molar-refractivity contribution in [3.8, 4) is 0 Å². The Labute approximate surface area is 217 Å². The number of aryl methyl sites for hydroxylation is 1. The molecule has 1 saturated heterocycles. The second-order valence-corrected chi connectivity index (χ2v) is 9.78. The summed E-state index contributed by atoms with van der Waals surface area (Å²) < 4.78 is 6.41. The summed E-state index contributed by atoms with van der Waals surface area (Å²) in [6.07, 6.45) is 2.56. The number of alkyl halides is 1. The molecule has 2 aliphatic rings. The largest absolute Gasteiger partial charge is 0.446 e. The number of nitrogens with zero attached hydrogens (tertiary/aromatic N) is 5. The van der Waals surface area contributed by atoms with E-state index in [1.54, 1.807) is 22.3 Å². The topological polar surface area (TPSA) is 70.9 Å². The van der Waals surface area contributed by atoms with E-state index in [-0.39, 0.29) is 11.1 Å². The van der Waals surface area contributed by atoms with E-state index in [4.69, 9.17) is 33.0 Å². The van der Waals surface area contributed by atoms with E-state index in [1.165, 1.54) is 0 Å². The second-order valence-electron chi connectivity index (χ2n) is 8.98. The van der Waals surface area contributed by atoms with Gasteiger partial charge >= 0.3 is 0 Å². The summed E-state index contributed by atoms with van der Waals surface area (Å²) in [5.74, 6) is 0.164. The van der Waals surface area contributed by atoms with Crippen LogP contribution >= 0.6 is 23.2 Å². The van der Waals surface area contributed by atoms with E-state index in [9.17, 15) is 4.79 Å². The third kappa shape index (κ3) is 3.42. The molecule has 0 saturated carbocycles. The van der Waals surface area contributed by atoms with Crippen LogP contribution in [0.1, 0.15) is 29.8 Å². The summed E-state index contributed by atoms with van der Waals surface area (Å²) in [5.41, 5.74) is 2.90. The number of fused-ring (bicyclic) bond motifs is 1. The fraction of sp³-hybridized carbons (Fsp3) is 0.185. The molecule has 2 aromatic carbocycles. The van der Waals surface area contributed by atoms with Crippen molar-refractivity contribution in [2.75, 3.05) is 4.90 Å². The van der Waals surface area contributed by atoms with Crippen molar-refractivity contribution in [2.45, 2.75) is 31.1 Å². The predicted octanol–water partition coefficient (Wildman–Crippen LogP) is 5.65. The highest BCUT2D eigenvalue weighted by Gasteiger charge is 2.64. The molecule has 4 heterocycles. The Balaban J connectivity index is 1.50. The van der Waals surface area contributed by atoms with Crippen LogP contribution in [0, 0.1) is 6.92 Å². The van der Waals surface area contributed by atoms with Gasteiger partial charge in [-0.15, -0.1) is 16.7 Å². The van der Waals surface area contributed by atoms with Crippen molar-refractivity contribution in [3.63, 3.8) is 0 Å². The van der Waals surface area contributed by atoms with Crippen LogP contribution < -0.4 is 4.90 Å². The number of rotatable bonds is 4. The molecule has 36 heavy (non-hydrogen) atoms. The first-order valence-corrected chi connectivity index (χ1v) is 12.2. The molecule has 4 aromatic rings. The summed E-state index contributed by atoms with van der Waals surface area (Å²) >= 11 is 13.4. The zero-order valence-corrected chi connectivity index (χ0v) is 21.0. The van der Waals surface area contributed by atoms with Crippen LogP contribution in [0.25, 0.3) is 10.9 Å². The molecule has 0 radical (unpaired) electrons. The summed E-state index contributed by atoms with van der Waals surface area (Å²) in [6.45, 7) is 3.87. The van der Waals surface area contributed by atoms with Gasteiger partial charge in [-0.3, -0.25) is 14.7 Å². The van der Waals surface area contributed by atoms with Crippen LogP contribution in [0.2, 0.25) is 5.15 Å². The molecule has 9 heteroatoms. The number of aromatic nitrogens is 2. The zero-order valence-electron chi connectivity index (χ0n) is 19.5. The first-order chi connectivity index (χ1) is 17.4. The number of halogens is 2. The van der Waals surface area contributed by atoms with Gasteiger partial charge in [0.25, 0.3) is 5.91 Å². The molecule has 2 aliphatic heterocycles. The Bertz CT molecular complexity index is 1510. The first kappa shape index (κ1) is 22.8. The van der Waals surface area contributed by atoms with E-state index in [1.807, 2.05) is 80.6 Å². The number of hydrogen-bond donors (Lipinski definition) is 0. The average Bonchev–Trinajstić information content (AvgIpc) is 3.35. The molecule has 1 fully saturated rings. The lowest BCUT2D eigenvalue weighted by Crippen LogP contribution is -2.77. The molecule has 6 rings (SSSR count). The van der Waals surface area contributed by atoms with Crippen LogP contribution in [0.5, 0.6) is 0 Å². The number of benzene rings is 2. The summed E-state index contributed by atoms with van der Waals surface area (Å²) in [6, 6.07) is 21.0. The highest BCUT2D eigenvalue weighted by molar-refractivity contribution is 6.38. The third-order valence-corrected chi connectivity index (χ3v) is 7.57. The number of hydrogen-bond acceptors (Lipinski definition) is 6. The van der Waals surface area contributed by atoms with Gasteiger partial charge in [-0.25, -0.2) is 9.99 Å². The van der Waals surface area contributed by atoms with E-state index in [0.29, 0.717) is 11.5 Å². The van der Waals surface area contributed by atoms with Gasteiger partial charge in [-0.1, -0.05) is 47.5 Å². The molecule has 0 bridgehead atoms. The minimum absolute atomic E-state index is 0.211. The van der Waals surface area contributed by atoms with Crippen LogP contribution in [-0.4, -0.2) is 37.8 Å². The van der Waals surface area contributed by atoms with Crippen molar-refractivity contribution in [2.24, 2.45) is 5.10 Å². The predicted molar refractivity (Wildman–Crippen MR) is 140 cm³/mol. The molecule has 0 N–H and O–H groups in total. The molecule has 180 valence electrons. The number of para-hydroxylation sites is 1. The minimum atomic E-state index is -1.04. The molecular formula is C27H21Cl2N5O2. The van der Waals surface area contributed by atoms with Gasteiger partial charge in [0.2, 0.25) is 12.1 Å². The van der Waals surface area contributed by atoms with Crippen molar-refractivity contribution >= 4 is 51.6 Å². The van der Waals surface area contributed by atoms with Gasteiger partial charge in [0.05, 0.1) is 11.1 Å². The van der Waals surface area contributed by atoms with Crippen molar-refractivity contribution in [1.82, 2.24) is 15.0 Å². The molecule has 0 aliphatic carbocycles. The van der Waals surface area contributed by atoms with Crippen LogP contribution in [0.15, 0.2) is 84.2 Å². The lowest BCUT2D eigenvalue weighted by atomic mass is 9.91. The number of anilines is 1. The summed E-state index contributed by atoms with van der Waals surface area (Å²) in [4.78, 5) is 23.4. The molecular weight excluding hydrogens is 497 g/mol. The molecule has 0 spiro atoms. The number of pyridine rings is 2. The molecule has 1 amide bonds. The Kier molecular flexibility index (Phi) is 5.35. The normalized spacial score (nSPS) is 23.4. The number of ether oxygens (including phenoxy) is 1. The summed E-state index contributed by atoms with van der Waals surface area (Å²) in [7, 11) is 0. The fourth-order valence-corrected chi connectivity index (χ4v) is 5.22. The Hall–Kier alpha value is -3.68. The molecule has 3 atom stereocenters. The van der Waals surface area contributed by atoms with Crippen LogP contribution in [0.4, 0.5) is 5.69 Å². The number of amides is 1. The lowest BCUT2D eigenvalue weighted by molar-refractivity contribution is -0.138. The van der Waals surface area contributed by atoms with Gasteiger partial charge in [0.15, 0.2) is 11.0 Å². The molecule has 7 nitrogen and oxygen atoms in total. The number of β-lactam (4-membered cyclic amide) rings is 1. The van der Waals surface area contributed by atoms with E-state index >= 15 is 0 Å². The maximum atomic E-state index is 13.1. The van der Waals surface area contributed by atoms with Gasteiger partial charge in [0, 0.05) is 29.0 Å². The maximum absolute atomic E-state index is 13.1. The van der Waals surface area contributed by atoms with E-state index in [2.05, 4.69) is 9.97 Å². The van der Waals surface area contributed by atoms with Crippen molar-refractivity contribution in [1.29, 1.82) is 0 Å². The van der Waals surface area contributed by atoms with Gasteiger partial charge < -0.3 is 4.74 Å². The highest BCUT2D eigenvalue weighted by Crippen LogP contribution is 2.49. The minimum Gasteiger partial charge on any atom is -0.446 e. The van der Waals surface area contributed by atoms with Crippen molar-refractivity contribution < 1.29 is 9.53 Å². The third-order valence-electron chi connectivity index (χ3n) is 6.67. The highest BCUT2D eigenvalue weighted by atomic mass is 35.5. The average molecular weight is 518 g/mol. The zero-order chi connectivity index (χ0) is 25.0. The van der Waals surface area contributed by atoms with E-state index < -0.39 is 17.3 Å². The quantitative estimate of drug-likeness (QED) is 0.198. The Morgan fingerprint density at radius 2 is 1.75 bits per heavy atom. The van der Waals surface area contributed by atoms with Crippen LogP contribution in [-0.2, 0) is 9.53 Å². The van der Waals surface area contributed by atoms with Gasteiger partial charge in [0.1, 0.15) is 5.15 Å². The van der Waals surface area contributed by atoms with E-state index in [0.717, 1.165) is 27.7 Å². The SMILES string of the molecule is Cc1ccc(N2C(=O)C(Cl)C2(C)N2N=C(c3ccncc3)OC2c2cc3ccccc3nc2Cl)cc1. The van der Waals surface area contributed by atoms with Gasteiger partial charge in [-0.05, 0) is 50.2 Å². The monoisotopic (exact) mass is 517 g/mol. The maximum Gasteiger partial charge on any atom is 0.251 e. The molecule has 2 aromatic heterocycles. The van der Waals surface area contributed by atoms with Gasteiger partial charge in [-0.2, -0.15) is 0 Å². The van der Waals surface area contributed by atoms with Crippen molar-refractivity contribution in [3.05, 3.63) is 101 Å². The number of carbonyl (C=O) groups is 1. The summed E-state index contributed by atoms with van der Waals surface area (Å²) in [5, 5.41) is 6.90. The second kappa shape index (κ2) is 8.47. The number of hydrazone groups is 1. The first-order valence-electron chi connectivity index (χ1n) is 11.4. The Morgan fingerprint density at radius 3 is 2.50 bits per heavy atom. The Morgan fingerprint density at radius 1 is 1.03 bits per heavy atom.